The quantitative estimate of drug-likeness (QED) is 0.523. The standard InChI is InChI=1S/C27H34N4O4/c1-6-7-10-31-17-22(19-8-9-28-25(19)27(31)33)20-15-24(35-5)21(16-23(20)34-4)26(32)30-13-11-29(12-14-30)18(2)3/h6-9,15-18,28H,10-14H2,1-5H3/b7-6+. The summed E-state index contributed by atoms with van der Waals surface area (Å²) in [6.45, 7) is 9.76. The van der Waals surface area contributed by atoms with Gasteiger partial charge >= 0.3 is 0 Å². The number of ether oxygens (including phenoxy) is 2. The number of nitrogens with zero attached hydrogens (tertiary/aromatic N) is 3. The van der Waals surface area contributed by atoms with Crippen LogP contribution in [0.1, 0.15) is 31.1 Å². The van der Waals surface area contributed by atoms with Gasteiger partial charge in [-0.15, -0.1) is 0 Å². The molecule has 0 radical (unpaired) electrons. The van der Waals surface area contributed by atoms with E-state index in [1.54, 1.807) is 31.0 Å². The van der Waals surface area contributed by atoms with Gasteiger partial charge in [0, 0.05) is 67.7 Å². The summed E-state index contributed by atoms with van der Waals surface area (Å²) in [7, 11) is 3.16. The first-order valence-electron chi connectivity index (χ1n) is 12.0. The van der Waals surface area contributed by atoms with Crippen LogP contribution in [-0.2, 0) is 6.54 Å². The van der Waals surface area contributed by atoms with E-state index in [1.807, 2.05) is 42.3 Å². The minimum absolute atomic E-state index is 0.0695. The molecule has 0 atom stereocenters. The van der Waals surface area contributed by atoms with Gasteiger partial charge in [0.05, 0.1) is 19.8 Å². The summed E-state index contributed by atoms with van der Waals surface area (Å²) in [6, 6.07) is 5.93. The zero-order valence-corrected chi connectivity index (χ0v) is 21.1. The molecule has 8 heteroatoms. The Bertz CT molecular complexity index is 1300. The summed E-state index contributed by atoms with van der Waals surface area (Å²) in [4.78, 5) is 33.7. The van der Waals surface area contributed by atoms with Crippen molar-refractivity contribution in [1.82, 2.24) is 19.4 Å². The van der Waals surface area contributed by atoms with Crippen LogP contribution in [0.2, 0.25) is 0 Å². The van der Waals surface area contributed by atoms with Crippen molar-refractivity contribution in [3.8, 4) is 22.6 Å². The molecule has 0 bridgehead atoms. The third-order valence-corrected chi connectivity index (χ3v) is 6.71. The molecule has 1 saturated heterocycles. The maximum atomic E-state index is 13.5. The van der Waals surface area contributed by atoms with E-state index in [0.717, 1.165) is 29.6 Å². The Morgan fingerprint density at radius 3 is 2.43 bits per heavy atom. The van der Waals surface area contributed by atoms with Crippen molar-refractivity contribution in [3.05, 3.63) is 58.7 Å². The van der Waals surface area contributed by atoms with E-state index in [1.165, 1.54) is 0 Å². The van der Waals surface area contributed by atoms with Crippen LogP contribution in [0.5, 0.6) is 11.5 Å². The molecule has 186 valence electrons. The zero-order valence-electron chi connectivity index (χ0n) is 21.1. The highest BCUT2D eigenvalue weighted by Gasteiger charge is 2.27. The molecule has 8 nitrogen and oxygen atoms in total. The number of carbonyl (C=O) groups excluding carboxylic acids is 1. The lowest BCUT2D eigenvalue weighted by Crippen LogP contribution is -2.50. The SMILES string of the molecule is C/C=C/Cn1cc(-c2cc(OC)c(C(=O)N3CCN(C(C)C)CC3)cc2OC)c2cc[nH]c2c1=O. The van der Waals surface area contributed by atoms with Crippen LogP contribution >= 0.6 is 0 Å². The molecule has 0 aliphatic carbocycles. The second-order valence-corrected chi connectivity index (χ2v) is 9.01. The number of carbonyl (C=O) groups is 1. The van der Waals surface area contributed by atoms with E-state index >= 15 is 0 Å². The highest BCUT2D eigenvalue weighted by atomic mass is 16.5. The summed E-state index contributed by atoms with van der Waals surface area (Å²) in [5.41, 5.74) is 2.48. The molecule has 4 rings (SSSR count). The topological polar surface area (TPSA) is 79.8 Å². The van der Waals surface area contributed by atoms with E-state index in [4.69, 9.17) is 9.47 Å². The summed E-state index contributed by atoms with van der Waals surface area (Å²) in [6.07, 6.45) is 7.44. The van der Waals surface area contributed by atoms with Gasteiger partial charge in [-0.05, 0) is 39.0 Å². The van der Waals surface area contributed by atoms with Crippen LogP contribution in [0.15, 0.2) is 47.5 Å². The van der Waals surface area contributed by atoms with Gasteiger partial charge in [-0.25, -0.2) is 0 Å². The largest absolute Gasteiger partial charge is 0.496 e. The fraction of sp³-hybridized carbons (Fsp3) is 0.407. The molecule has 0 unspecified atom stereocenters. The number of hydrogen-bond acceptors (Lipinski definition) is 5. The van der Waals surface area contributed by atoms with E-state index in [9.17, 15) is 9.59 Å². The minimum Gasteiger partial charge on any atom is -0.496 e. The number of fused-ring (bicyclic) bond motifs is 1. The second-order valence-electron chi connectivity index (χ2n) is 9.01. The molecule has 1 aromatic carbocycles. The summed E-state index contributed by atoms with van der Waals surface area (Å²) in [5, 5.41) is 0.788. The maximum absolute atomic E-state index is 13.5. The third kappa shape index (κ3) is 4.71. The molecule has 1 aliphatic rings. The van der Waals surface area contributed by atoms with Gasteiger partial charge in [0.1, 0.15) is 17.0 Å². The molecule has 0 spiro atoms. The Kier molecular flexibility index (Phi) is 7.31. The normalized spacial score (nSPS) is 14.9. The predicted molar refractivity (Wildman–Crippen MR) is 139 cm³/mol. The number of pyridine rings is 1. The van der Waals surface area contributed by atoms with Crippen LogP contribution in [0.25, 0.3) is 22.0 Å². The van der Waals surface area contributed by atoms with Crippen molar-refractivity contribution >= 4 is 16.8 Å². The van der Waals surface area contributed by atoms with Gasteiger partial charge in [0.15, 0.2) is 0 Å². The van der Waals surface area contributed by atoms with Gasteiger partial charge in [-0.2, -0.15) is 0 Å². The number of aromatic nitrogens is 2. The Labute approximate surface area is 205 Å². The number of H-pyrrole nitrogens is 1. The molecule has 1 amide bonds. The number of benzene rings is 1. The number of allylic oxidation sites excluding steroid dienone is 2. The lowest BCUT2D eigenvalue weighted by atomic mass is 9.99. The molecule has 2 aromatic heterocycles. The monoisotopic (exact) mass is 478 g/mol. The van der Waals surface area contributed by atoms with E-state index in [0.29, 0.717) is 48.3 Å². The number of nitrogens with one attached hydrogen (secondary N) is 1. The van der Waals surface area contributed by atoms with Crippen LogP contribution in [0.4, 0.5) is 0 Å². The van der Waals surface area contributed by atoms with Crippen molar-refractivity contribution in [2.75, 3.05) is 40.4 Å². The lowest BCUT2D eigenvalue weighted by Gasteiger charge is -2.37. The number of amides is 1. The number of methoxy groups -OCH3 is 2. The third-order valence-electron chi connectivity index (χ3n) is 6.71. The van der Waals surface area contributed by atoms with Crippen LogP contribution in [0.3, 0.4) is 0 Å². The Balaban J connectivity index is 1.78. The lowest BCUT2D eigenvalue weighted by molar-refractivity contribution is 0.0592. The molecule has 1 N–H and O–H groups in total. The number of hydrogen-bond donors (Lipinski definition) is 1. The van der Waals surface area contributed by atoms with Crippen LogP contribution in [-0.4, -0.2) is 71.7 Å². The van der Waals surface area contributed by atoms with Gasteiger partial charge < -0.3 is 23.9 Å². The average molecular weight is 479 g/mol. The van der Waals surface area contributed by atoms with Gasteiger partial charge in [-0.3, -0.25) is 14.5 Å². The fourth-order valence-electron chi connectivity index (χ4n) is 4.65. The number of rotatable bonds is 7. The van der Waals surface area contributed by atoms with Crippen molar-refractivity contribution in [2.24, 2.45) is 0 Å². The molecule has 1 fully saturated rings. The molecular formula is C27H34N4O4. The van der Waals surface area contributed by atoms with Crippen molar-refractivity contribution < 1.29 is 14.3 Å². The van der Waals surface area contributed by atoms with E-state index in [2.05, 4.69) is 23.7 Å². The van der Waals surface area contributed by atoms with Crippen LogP contribution < -0.4 is 15.0 Å². The molecule has 0 saturated carbocycles. The van der Waals surface area contributed by atoms with Crippen molar-refractivity contribution in [3.63, 3.8) is 0 Å². The molecule has 3 heterocycles. The Hall–Kier alpha value is -3.52. The van der Waals surface area contributed by atoms with Gasteiger partial charge in [-0.1, -0.05) is 12.2 Å². The average Bonchev–Trinajstić information content (AvgIpc) is 3.38. The second kappa shape index (κ2) is 10.4. The smallest absolute Gasteiger partial charge is 0.275 e. The molecule has 1 aliphatic heterocycles. The van der Waals surface area contributed by atoms with E-state index in [-0.39, 0.29) is 11.5 Å². The first-order valence-corrected chi connectivity index (χ1v) is 12.0. The van der Waals surface area contributed by atoms with Gasteiger partial charge in [0.2, 0.25) is 0 Å². The summed E-state index contributed by atoms with van der Waals surface area (Å²) in [5.74, 6) is 0.959. The molecular weight excluding hydrogens is 444 g/mol. The van der Waals surface area contributed by atoms with E-state index < -0.39 is 0 Å². The highest BCUT2D eigenvalue weighted by molar-refractivity contribution is 6.01. The first-order chi connectivity index (χ1) is 16.9. The Morgan fingerprint density at radius 1 is 1.09 bits per heavy atom. The zero-order chi connectivity index (χ0) is 25.1. The first kappa shape index (κ1) is 24.6. The predicted octanol–water partition coefficient (Wildman–Crippen LogP) is 3.76. The maximum Gasteiger partial charge on any atom is 0.275 e. The molecule has 35 heavy (non-hydrogen) atoms. The summed E-state index contributed by atoms with van der Waals surface area (Å²) < 4.78 is 13.1. The highest BCUT2D eigenvalue weighted by Crippen LogP contribution is 2.39. The summed E-state index contributed by atoms with van der Waals surface area (Å²) >= 11 is 0. The van der Waals surface area contributed by atoms with Gasteiger partial charge in [0.25, 0.3) is 11.5 Å². The minimum atomic E-state index is -0.0925. The Morgan fingerprint density at radius 2 is 1.80 bits per heavy atom. The van der Waals surface area contributed by atoms with Crippen molar-refractivity contribution in [1.29, 1.82) is 0 Å². The fourth-order valence-corrected chi connectivity index (χ4v) is 4.65. The van der Waals surface area contributed by atoms with Crippen molar-refractivity contribution in [2.45, 2.75) is 33.4 Å². The van der Waals surface area contributed by atoms with Crippen LogP contribution in [0, 0.1) is 0 Å². The molecule has 3 aromatic rings. The number of piperazine rings is 1. The number of aromatic amines is 1.